The van der Waals surface area contributed by atoms with Gasteiger partial charge in [-0.05, 0) is 24.6 Å². The zero-order chi connectivity index (χ0) is 12.8. The first kappa shape index (κ1) is 13.5. The number of methoxy groups -OCH3 is 3. The fraction of sp³-hybridized carbons (Fsp3) is 0.462. The molecule has 0 fully saturated rings. The minimum absolute atomic E-state index is 0.285. The van der Waals surface area contributed by atoms with Crippen molar-refractivity contribution in [3.05, 3.63) is 29.8 Å². The van der Waals surface area contributed by atoms with Crippen molar-refractivity contribution in [2.75, 3.05) is 21.3 Å². The van der Waals surface area contributed by atoms with Crippen molar-refractivity contribution >= 4 is 5.97 Å². The van der Waals surface area contributed by atoms with Crippen LogP contribution in [0.2, 0.25) is 0 Å². The molecule has 2 atom stereocenters. The third-order valence-corrected chi connectivity index (χ3v) is 2.73. The second-order valence-corrected chi connectivity index (χ2v) is 3.74. The molecule has 94 valence electrons. The van der Waals surface area contributed by atoms with E-state index in [1.807, 2.05) is 24.3 Å². The van der Waals surface area contributed by atoms with Gasteiger partial charge in [0.15, 0.2) is 0 Å². The normalized spacial score (nSPS) is 13.9. The Morgan fingerprint density at radius 1 is 1.12 bits per heavy atom. The zero-order valence-corrected chi connectivity index (χ0v) is 10.6. The maximum Gasteiger partial charge on any atom is 0.311 e. The highest BCUT2D eigenvalue weighted by Gasteiger charge is 2.26. The van der Waals surface area contributed by atoms with Crippen molar-refractivity contribution in [2.45, 2.75) is 13.0 Å². The SMILES string of the molecule is COC(=O)C(C)C(OC)c1ccc(OC)cc1. The minimum atomic E-state index is -0.349. The Morgan fingerprint density at radius 2 is 1.71 bits per heavy atom. The first-order valence-corrected chi connectivity index (χ1v) is 5.38. The third-order valence-electron chi connectivity index (χ3n) is 2.73. The molecular formula is C13H18O4. The van der Waals surface area contributed by atoms with Crippen LogP contribution < -0.4 is 4.74 Å². The van der Waals surface area contributed by atoms with Gasteiger partial charge < -0.3 is 14.2 Å². The Morgan fingerprint density at radius 3 is 2.12 bits per heavy atom. The van der Waals surface area contributed by atoms with E-state index in [1.54, 1.807) is 21.1 Å². The molecule has 0 N–H and O–H groups in total. The highest BCUT2D eigenvalue weighted by atomic mass is 16.5. The molecule has 0 bridgehead atoms. The topological polar surface area (TPSA) is 44.8 Å². The van der Waals surface area contributed by atoms with Crippen molar-refractivity contribution in [1.82, 2.24) is 0 Å². The van der Waals surface area contributed by atoms with Crippen LogP contribution in [0.1, 0.15) is 18.6 Å². The molecule has 0 heterocycles. The summed E-state index contributed by atoms with van der Waals surface area (Å²) in [6, 6.07) is 7.44. The summed E-state index contributed by atoms with van der Waals surface area (Å²) in [5, 5.41) is 0. The molecule has 0 saturated carbocycles. The molecule has 0 aromatic heterocycles. The zero-order valence-electron chi connectivity index (χ0n) is 10.6. The van der Waals surface area contributed by atoms with E-state index in [0.29, 0.717) is 0 Å². The number of carbonyl (C=O) groups excluding carboxylic acids is 1. The number of carbonyl (C=O) groups is 1. The van der Waals surface area contributed by atoms with Gasteiger partial charge in [-0.2, -0.15) is 0 Å². The van der Waals surface area contributed by atoms with Crippen molar-refractivity contribution in [1.29, 1.82) is 0 Å². The summed E-state index contributed by atoms with van der Waals surface area (Å²) in [5.74, 6) is 0.139. The number of hydrogen-bond acceptors (Lipinski definition) is 4. The summed E-state index contributed by atoms with van der Waals surface area (Å²) in [5.41, 5.74) is 0.922. The Hall–Kier alpha value is -1.55. The molecule has 0 amide bonds. The lowest BCUT2D eigenvalue weighted by molar-refractivity contribution is -0.149. The lowest BCUT2D eigenvalue weighted by Crippen LogP contribution is -2.22. The van der Waals surface area contributed by atoms with E-state index in [4.69, 9.17) is 14.2 Å². The Bertz CT molecular complexity index is 358. The van der Waals surface area contributed by atoms with Crippen molar-refractivity contribution < 1.29 is 19.0 Å². The van der Waals surface area contributed by atoms with Gasteiger partial charge in [-0.3, -0.25) is 4.79 Å². The molecule has 0 aliphatic heterocycles. The second-order valence-electron chi connectivity index (χ2n) is 3.74. The fourth-order valence-corrected chi connectivity index (χ4v) is 1.73. The van der Waals surface area contributed by atoms with Crippen molar-refractivity contribution in [3.8, 4) is 5.75 Å². The first-order chi connectivity index (χ1) is 8.13. The van der Waals surface area contributed by atoms with E-state index in [2.05, 4.69) is 0 Å². The standard InChI is InChI=1S/C13H18O4/c1-9(13(14)17-4)12(16-3)10-5-7-11(15-2)8-6-10/h5-9,12H,1-4H3. The van der Waals surface area contributed by atoms with Crippen LogP contribution in [-0.2, 0) is 14.3 Å². The number of ether oxygens (including phenoxy) is 3. The molecule has 2 unspecified atom stereocenters. The maximum atomic E-state index is 11.5. The van der Waals surface area contributed by atoms with Crippen LogP contribution in [0.15, 0.2) is 24.3 Å². The molecule has 0 radical (unpaired) electrons. The van der Waals surface area contributed by atoms with Gasteiger partial charge in [0, 0.05) is 7.11 Å². The number of hydrogen-bond donors (Lipinski definition) is 0. The van der Waals surface area contributed by atoms with Gasteiger partial charge in [0.2, 0.25) is 0 Å². The predicted octanol–water partition coefficient (Wildman–Crippen LogP) is 2.19. The largest absolute Gasteiger partial charge is 0.497 e. The molecule has 4 nitrogen and oxygen atoms in total. The van der Waals surface area contributed by atoms with Gasteiger partial charge in [0.1, 0.15) is 5.75 Å². The Balaban J connectivity index is 2.89. The first-order valence-electron chi connectivity index (χ1n) is 5.38. The lowest BCUT2D eigenvalue weighted by atomic mass is 9.97. The molecule has 1 rings (SSSR count). The van der Waals surface area contributed by atoms with Gasteiger partial charge in [-0.25, -0.2) is 0 Å². The van der Waals surface area contributed by atoms with Gasteiger partial charge in [0.25, 0.3) is 0 Å². The van der Waals surface area contributed by atoms with Crippen LogP contribution in [0.4, 0.5) is 0 Å². The van der Waals surface area contributed by atoms with Crippen LogP contribution in [0.3, 0.4) is 0 Å². The average molecular weight is 238 g/mol. The van der Waals surface area contributed by atoms with Crippen LogP contribution in [0.5, 0.6) is 5.75 Å². The number of rotatable bonds is 5. The summed E-state index contributed by atoms with van der Waals surface area (Å²) in [6.07, 6.45) is -0.312. The lowest BCUT2D eigenvalue weighted by Gasteiger charge is -2.21. The van der Waals surface area contributed by atoms with E-state index in [0.717, 1.165) is 11.3 Å². The van der Waals surface area contributed by atoms with E-state index >= 15 is 0 Å². The van der Waals surface area contributed by atoms with Gasteiger partial charge in [-0.15, -0.1) is 0 Å². The van der Waals surface area contributed by atoms with Gasteiger partial charge in [-0.1, -0.05) is 12.1 Å². The third kappa shape index (κ3) is 3.20. The molecule has 1 aromatic rings. The smallest absolute Gasteiger partial charge is 0.311 e. The summed E-state index contributed by atoms with van der Waals surface area (Å²) < 4.78 is 15.1. The van der Waals surface area contributed by atoms with E-state index in [1.165, 1.54) is 7.11 Å². The molecule has 0 spiro atoms. The van der Waals surface area contributed by atoms with Crippen LogP contribution in [0.25, 0.3) is 0 Å². The quantitative estimate of drug-likeness (QED) is 0.738. The van der Waals surface area contributed by atoms with Crippen LogP contribution in [0, 0.1) is 5.92 Å². The van der Waals surface area contributed by atoms with Crippen LogP contribution >= 0.6 is 0 Å². The average Bonchev–Trinajstić information content (AvgIpc) is 2.39. The molecule has 0 saturated heterocycles. The maximum absolute atomic E-state index is 11.5. The second kappa shape index (κ2) is 6.25. The highest BCUT2D eigenvalue weighted by Crippen LogP contribution is 2.27. The molecular weight excluding hydrogens is 220 g/mol. The Labute approximate surface area is 101 Å². The summed E-state index contributed by atoms with van der Waals surface area (Å²) in [7, 11) is 4.56. The van der Waals surface area contributed by atoms with E-state index < -0.39 is 0 Å². The monoisotopic (exact) mass is 238 g/mol. The fourth-order valence-electron chi connectivity index (χ4n) is 1.73. The number of esters is 1. The number of benzene rings is 1. The summed E-state index contributed by atoms with van der Waals surface area (Å²) in [6.45, 7) is 1.78. The van der Waals surface area contributed by atoms with Crippen LogP contribution in [-0.4, -0.2) is 27.3 Å². The van der Waals surface area contributed by atoms with Gasteiger partial charge in [0.05, 0.1) is 26.2 Å². The Kier molecular flexibility index (Phi) is 4.97. The molecule has 17 heavy (non-hydrogen) atoms. The molecule has 1 aromatic carbocycles. The van der Waals surface area contributed by atoms with Gasteiger partial charge >= 0.3 is 5.97 Å². The molecule has 0 aliphatic rings. The molecule has 4 heteroatoms. The van der Waals surface area contributed by atoms with Crippen molar-refractivity contribution in [3.63, 3.8) is 0 Å². The minimum Gasteiger partial charge on any atom is -0.497 e. The summed E-state index contributed by atoms with van der Waals surface area (Å²) >= 11 is 0. The molecule has 0 aliphatic carbocycles. The van der Waals surface area contributed by atoms with E-state index in [9.17, 15) is 4.79 Å². The van der Waals surface area contributed by atoms with E-state index in [-0.39, 0.29) is 18.0 Å². The predicted molar refractivity (Wildman–Crippen MR) is 63.9 cm³/mol. The van der Waals surface area contributed by atoms with Crippen molar-refractivity contribution in [2.24, 2.45) is 5.92 Å². The highest BCUT2D eigenvalue weighted by molar-refractivity contribution is 5.72. The summed E-state index contributed by atoms with van der Waals surface area (Å²) in [4.78, 5) is 11.5.